The molecular weight excluding hydrogens is 142 g/mol. The van der Waals surface area contributed by atoms with Crippen LogP contribution in [-0.2, 0) is 9.53 Å². The van der Waals surface area contributed by atoms with Gasteiger partial charge < -0.3 is 9.64 Å². The number of ether oxygens (including phenoxy) is 1. The minimum absolute atomic E-state index is 0.181. The summed E-state index contributed by atoms with van der Waals surface area (Å²) in [6.07, 6.45) is 0.961. The van der Waals surface area contributed by atoms with Crippen LogP contribution in [0.25, 0.3) is 0 Å². The van der Waals surface area contributed by atoms with Crippen molar-refractivity contribution in [1.29, 1.82) is 0 Å². The zero-order valence-corrected chi connectivity index (χ0v) is 7.33. The first-order valence-electron chi connectivity index (χ1n) is 3.96. The monoisotopic (exact) mass is 157 g/mol. The van der Waals surface area contributed by atoms with E-state index in [0.29, 0.717) is 12.8 Å². The second-order valence-electron chi connectivity index (χ2n) is 3.21. The Morgan fingerprint density at radius 3 is 2.64 bits per heavy atom. The third kappa shape index (κ3) is 1.53. The molecule has 0 unspecified atom stereocenters. The topological polar surface area (TPSA) is 29.5 Å². The number of methoxy groups -OCH3 is 1. The molecule has 0 aromatic heterocycles. The van der Waals surface area contributed by atoms with Crippen LogP contribution in [0.4, 0.5) is 0 Å². The third-order valence-electron chi connectivity index (χ3n) is 2.20. The Kier molecular flexibility index (Phi) is 2.49. The minimum atomic E-state index is 0.181. The number of rotatable bonds is 2. The molecule has 1 rings (SSSR count). The van der Waals surface area contributed by atoms with Crippen molar-refractivity contribution in [2.45, 2.75) is 26.3 Å². The molecule has 0 N–H and O–H groups in total. The van der Waals surface area contributed by atoms with Crippen LogP contribution in [0, 0.1) is 5.92 Å². The van der Waals surface area contributed by atoms with Crippen LogP contribution >= 0.6 is 0 Å². The molecule has 0 bridgehead atoms. The van der Waals surface area contributed by atoms with E-state index >= 15 is 0 Å². The second-order valence-corrected chi connectivity index (χ2v) is 3.21. The van der Waals surface area contributed by atoms with Gasteiger partial charge >= 0.3 is 0 Å². The van der Waals surface area contributed by atoms with Gasteiger partial charge in [-0.05, 0) is 13.3 Å². The zero-order chi connectivity index (χ0) is 8.43. The van der Waals surface area contributed by atoms with Crippen molar-refractivity contribution in [1.82, 2.24) is 4.90 Å². The normalized spacial score (nSPS) is 31.5. The summed E-state index contributed by atoms with van der Waals surface area (Å²) in [4.78, 5) is 13.1. The molecule has 1 fully saturated rings. The molecule has 3 nitrogen and oxygen atoms in total. The summed E-state index contributed by atoms with van der Waals surface area (Å²) in [6, 6.07) is 0.345. The van der Waals surface area contributed by atoms with E-state index in [9.17, 15) is 4.79 Å². The fourth-order valence-electron chi connectivity index (χ4n) is 1.57. The molecule has 64 valence electrons. The highest BCUT2D eigenvalue weighted by Crippen LogP contribution is 2.23. The predicted molar refractivity (Wildman–Crippen MR) is 42.0 cm³/mol. The standard InChI is InChI=1S/C8H15NO2/c1-6-4-7(2)9(5-11-3)8(6)10/h6-7H,4-5H2,1-3H3/t6-,7-/m1/s1. The summed E-state index contributed by atoms with van der Waals surface area (Å²) in [5.41, 5.74) is 0. The third-order valence-corrected chi connectivity index (χ3v) is 2.20. The average molecular weight is 157 g/mol. The summed E-state index contributed by atoms with van der Waals surface area (Å²) in [6.45, 7) is 4.46. The summed E-state index contributed by atoms with van der Waals surface area (Å²) in [5.74, 6) is 0.402. The number of carbonyl (C=O) groups is 1. The van der Waals surface area contributed by atoms with Crippen molar-refractivity contribution in [3.8, 4) is 0 Å². The number of hydrogen-bond donors (Lipinski definition) is 0. The lowest BCUT2D eigenvalue weighted by molar-refractivity contribution is -0.135. The molecule has 11 heavy (non-hydrogen) atoms. The number of hydrogen-bond acceptors (Lipinski definition) is 2. The molecule has 0 aliphatic carbocycles. The predicted octanol–water partition coefficient (Wildman–Crippen LogP) is 0.847. The highest BCUT2D eigenvalue weighted by molar-refractivity contribution is 5.80. The zero-order valence-electron chi connectivity index (χ0n) is 7.33. The van der Waals surface area contributed by atoms with Gasteiger partial charge in [-0.2, -0.15) is 0 Å². The first-order chi connectivity index (χ1) is 5.16. The summed E-state index contributed by atoms with van der Waals surface area (Å²) in [5, 5.41) is 0. The van der Waals surface area contributed by atoms with Crippen molar-refractivity contribution in [2.24, 2.45) is 5.92 Å². The first-order valence-corrected chi connectivity index (χ1v) is 3.96. The highest BCUT2D eigenvalue weighted by Gasteiger charge is 2.33. The van der Waals surface area contributed by atoms with Crippen molar-refractivity contribution < 1.29 is 9.53 Å². The Hall–Kier alpha value is -0.570. The van der Waals surface area contributed by atoms with Gasteiger partial charge in [-0.1, -0.05) is 6.92 Å². The maximum Gasteiger partial charge on any atom is 0.227 e. The molecule has 2 atom stereocenters. The SMILES string of the molecule is COCN1C(=O)[C@H](C)C[C@H]1C. The fraction of sp³-hybridized carbons (Fsp3) is 0.875. The van der Waals surface area contributed by atoms with E-state index in [1.165, 1.54) is 0 Å². The van der Waals surface area contributed by atoms with Crippen LogP contribution in [0.2, 0.25) is 0 Å². The van der Waals surface area contributed by atoms with E-state index in [2.05, 4.69) is 6.92 Å². The Bertz CT molecular complexity index is 158. The fourth-order valence-corrected chi connectivity index (χ4v) is 1.57. The van der Waals surface area contributed by atoms with Gasteiger partial charge in [0.15, 0.2) is 0 Å². The molecule has 1 aliphatic heterocycles. The van der Waals surface area contributed by atoms with Crippen LogP contribution in [0.1, 0.15) is 20.3 Å². The van der Waals surface area contributed by atoms with Crippen molar-refractivity contribution in [3.63, 3.8) is 0 Å². The molecule has 0 spiro atoms. The number of carbonyl (C=O) groups excluding carboxylic acids is 1. The largest absolute Gasteiger partial charge is 0.364 e. The average Bonchev–Trinajstić information content (AvgIpc) is 2.17. The van der Waals surface area contributed by atoms with Gasteiger partial charge in [0.25, 0.3) is 0 Å². The minimum Gasteiger partial charge on any atom is -0.364 e. The van der Waals surface area contributed by atoms with Crippen LogP contribution < -0.4 is 0 Å². The summed E-state index contributed by atoms with van der Waals surface area (Å²) < 4.78 is 4.92. The number of amides is 1. The number of likely N-dealkylation sites (tertiary alicyclic amines) is 1. The quantitative estimate of drug-likeness (QED) is 0.594. The molecule has 0 radical (unpaired) electrons. The molecule has 0 aromatic rings. The van der Waals surface area contributed by atoms with E-state index in [0.717, 1.165) is 6.42 Å². The maximum atomic E-state index is 11.4. The molecule has 3 heteroatoms. The Balaban J connectivity index is 2.56. The van der Waals surface area contributed by atoms with Crippen LogP contribution in [0.15, 0.2) is 0 Å². The molecule has 0 aromatic carbocycles. The van der Waals surface area contributed by atoms with E-state index in [4.69, 9.17) is 4.74 Å². The van der Waals surface area contributed by atoms with Gasteiger partial charge in [-0.15, -0.1) is 0 Å². The lowest BCUT2D eigenvalue weighted by Gasteiger charge is -2.19. The summed E-state index contributed by atoms with van der Waals surface area (Å²) in [7, 11) is 1.61. The molecule has 1 aliphatic rings. The Labute approximate surface area is 67.3 Å². The van der Waals surface area contributed by atoms with Crippen LogP contribution in [0.5, 0.6) is 0 Å². The maximum absolute atomic E-state index is 11.4. The summed E-state index contributed by atoms with van der Waals surface area (Å²) >= 11 is 0. The van der Waals surface area contributed by atoms with E-state index in [-0.39, 0.29) is 11.8 Å². The van der Waals surface area contributed by atoms with Crippen LogP contribution in [-0.4, -0.2) is 30.7 Å². The number of nitrogens with zero attached hydrogens (tertiary/aromatic N) is 1. The second kappa shape index (κ2) is 3.22. The lowest BCUT2D eigenvalue weighted by atomic mass is 10.1. The van der Waals surface area contributed by atoms with Gasteiger partial charge in [0.1, 0.15) is 6.73 Å². The van der Waals surface area contributed by atoms with Crippen molar-refractivity contribution in [2.75, 3.05) is 13.8 Å². The van der Waals surface area contributed by atoms with Gasteiger partial charge in [-0.25, -0.2) is 0 Å². The molecule has 0 saturated carbocycles. The van der Waals surface area contributed by atoms with E-state index < -0.39 is 0 Å². The van der Waals surface area contributed by atoms with Gasteiger partial charge in [0.2, 0.25) is 5.91 Å². The molecule has 1 heterocycles. The van der Waals surface area contributed by atoms with Gasteiger partial charge in [-0.3, -0.25) is 4.79 Å². The van der Waals surface area contributed by atoms with Gasteiger partial charge in [0, 0.05) is 19.1 Å². The molecular formula is C8H15NO2. The Morgan fingerprint density at radius 1 is 1.64 bits per heavy atom. The smallest absolute Gasteiger partial charge is 0.227 e. The van der Waals surface area contributed by atoms with Crippen molar-refractivity contribution >= 4 is 5.91 Å². The molecule has 1 saturated heterocycles. The highest BCUT2D eigenvalue weighted by atomic mass is 16.5. The van der Waals surface area contributed by atoms with Gasteiger partial charge in [0.05, 0.1) is 0 Å². The van der Waals surface area contributed by atoms with E-state index in [1.807, 2.05) is 6.92 Å². The molecule has 1 amide bonds. The first kappa shape index (κ1) is 8.53. The lowest BCUT2D eigenvalue weighted by Crippen LogP contribution is -2.33. The van der Waals surface area contributed by atoms with Crippen molar-refractivity contribution in [3.05, 3.63) is 0 Å². The van der Waals surface area contributed by atoms with E-state index in [1.54, 1.807) is 12.0 Å². The Morgan fingerprint density at radius 2 is 2.27 bits per heavy atom. The van der Waals surface area contributed by atoms with Crippen LogP contribution in [0.3, 0.4) is 0 Å².